The number of allylic oxidation sites excluding steroid dienone is 2. The molecule has 0 saturated heterocycles. The zero-order valence-corrected chi connectivity index (χ0v) is 13.3. The summed E-state index contributed by atoms with van der Waals surface area (Å²) in [5.74, 6) is 0.973. The molecule has 1 aliphatic rings. The maximum atomic E-state index is 14.2. The maximum Gasteiger partial charge on any atom is 0.134 e. The molecule has 1 heterocycles. The molecule has 0 radical (unpaired) electrons. The Kier molecular flexibility index (Phi) is 6.01. The second kappa shape index (κ2) is 7.99. The fourth-order valence-corrected chi connectivity index (χ4v) is 2.35. The van der Waals surface area contributed by atoms with Crippen LogP contribution in [0.1, 0.15) is 38.7 Å². The van der Waals surface area contributed by atoms with Crippen molar-refractivity contribution in [2.75, 3.05) is 13.2 Å². The number of hydrogen-bond donors (Lipinski definition) is 1. The van der Waals surface area contributed by atoms with Gasteiger partial charge in [0.25, 0.3) is 0 Å². The van der Waals surface area contributed by atoms with E-state index in [-0.39, 0.29) is 5.82 Å². The fraction of sp³-hybridized carbons (Fsp3) is 0.444. The average molecular weight is 305 g/mol. The molecule has 22 heavy (non-hydrogen) atoms. The highest BCUT2D eigenvalue weighted by Gasteiger charge is 2.10. The molecule has 0 fully saturated rings. The first-order valence-corrected chi connectivity index (χ1v) is 7.83. The monoisotopic (exact) mass is 305 g/mol. The van der Waals surface area contributed by atoms with Crippen molar-refractivity contribution in [2.24, 2.45) is 5.92 Å². The molecule has 1 aromatic carbocycles. The van der Waals surface area contributed by atoms with Crippen LogP contribution in [0.5, 0.6) is 5.75 Å². The van der Waals surface area contributed by atoms with Crippen LogP contribution in [-0.2, 0) is 0 Å². The molecule has 120 valence electrons. The number of benzene rings is 1. The van der Waals surface area contributed by atoms with Gasteiger partial charge in [0.2, 0.25) is 0 Å². The summed E-state index contributed by atoms with van der Waals surface area (Å²) in [6.07, 6.45) is 8.31. The Morgan fingerprint density at radius 2 is 2.14 bits per heavy atom. The van der Waals surface area contributed by atoms with Gasteiger partial charge in [-0.3, -0.25) is 10.3 Å². The maximum absolute atomic E-state index is 14.2. The molecule has 1 N–H and O–H groups in total. The zero-order valence-electron chi connectivity index (χ0n) is 13.3. The first-order chi connectivity index (χ1) is 10.6. The van der Waals surface area contributed by atoms with Gasteiger partial charge in [0.1, 0.15) is 11.6 Å². The largest absolute Gasteiger partial charge is 0.493 e. The first-order valence-electron chi connectivity index (χ1n) is 7.83. The molecular weight excluding hydrogens is 281 g/mol. The second-order valence-corrected chi connectivity index (χ2v) is 5.98. The topological polar surface area (TPSA) is 32.7 Å². The van der Waals surface area contributed by atoms with Crippen molar-refractivity contribution in [3.8, 4) is 5.75 Å². The molecule has 0 aromatic heterocycles. The zero-order chi connectivity index (χ0) is 15.9. The molecule has 1 aliphatic heterocycles. The Balaban J connectivity index is 1.89. The van der Waals surface area contributed by atoms with Crippen LogP contribution in [0.15, 0.2) is 36.6 Å². The third kappa shape index (κ3) is 4.88. The second-order valence-electron chi connectivity index (χ2n) is 5.98. The van der Waals surface area contributed by atoms with Crippen LogP contribution >= 0.6 is 0 Å². The van der Waals surface area contributed by atoms with E-state index in [9.17, 15) is 9.60 Å². The van der Waals surface area contributed by atoms with Gasteiger partial charge in [-0.05, 0) is 42.5 Å². The third-order valence-corrected chi connectivity index (χ3v) is 3.62. The van der Waals surface area contributed by atoms with Gasteiger partial charge >= 0.3 is 0 Å². The lowest BCUT2D eigenvalue weighted by Gasteiger charge is -2.16. The van der Waals surface area contributed by atoms with Crippen LogP contribution in [0.25, 0.3) is 5.57 Å². The molecule has 1 aromatic rings. The summed E-state index contributed by atoms with van der Waals surface area (Å²) in [6, 6.07) is 4.95. The van der Waals surface area contributed by atoms with E-state index < -0.39 is 0 Å². The summed E-state index contributed by atoms with van der Waals surface area (Å²) in [5, 5.41) is 10.3. The van der Waals surface area contributed by atoms with Crippen molar-refractivity contribution in [1.29, 1.82) is 0 Å². The van der Waals surface area contributed by atoms with Crippen molar-refractivity contribution < 1.29 is 14.3 Å². The van der Waals surface area contributed by atoms with E-state index in [1.807, 2.05) is 0 Å². The summed E-state index contributed by atoms with van der Waals surface area (Å²) in [4.78, 5) is 0. The number of rotatable bonds is 7. The molecule has 2 rings (SSSR count). The Morgan fingerprint density at radius 1 is 1.32 bits per heavy atom. The Bertz CT molecular complexity index is 552. The van der Waals surface area contributed by atoms with Gasteiger partial charge in [-0.25, -0.2) is 4.39 Å². The van der Waals surface area contributed by atoms with E-state index in [4.69, 9.17) is 4.74 Å². The molecule has 0 bridgehead atoms. The summed E-state index contributed by atoms with van der Waals surface area (Å²) in [5.41, 5.74) is 1.29. The van der Waals surface area contributed by atoms with Gasteiger partial charge in [0, 0.05) is 17.8 Å². The smallest absolute Gasteiger partial charge is 0.134 e. The molecular formula is C18H24FNO2. The highest BCUT2D eigenvalue weighted by molar-refractivity contribution is 5.75. The van der Waals surface area contributed by atoms with Crippen LogP contribution in [0.2, 0.25) is 0 Å². The number of ether oxygens (including phenoxy) is 1. The Morgan fingerprint density at radius 3 is 2.77 bits per heavy atom. The quantitative estimate of drug-likeness (QED) is 0.745. The normalized spacial score (nSPS) is 14.4. The molecule has 0 spiro atoms. The lowest BCUT2D eigenvalue weighted by molar-refractivity contribution is -0.0299. The Hall–Kier alpha value is -1.81. The van der Waals surface area contributed by atoms with E-state index in [2.05, 4.69) is 13.8 Å². The van der Waals surface area contributed by atoms with E-state index >= 15 is 0 Å². The summed E-state index contributed by atoms with van der Waals surface area (Å²) in [7, 11) is 0. The van der Waals surface area contributed by atoms with Crippen LogP contribution in [-0.4, -0.2) is 23.4 Å². The third-order valence-electron chi connectivity index (χ3n) is 3.62. The fourth-order valence-electron chi connectivity index (χ4n) is 2.35. The van der Waals surface area contributed by atoms with Gasteiger partial charge in [-0.2, -0.15) is 0 Å². The minimum absolute atomic E-state index is 0.304. The lowest BCUT2D eigenvalue weighted by atomic mass is 10.0. The summed E-state index contributed by atoms with van der Waals surface area (Å²) in [6.45, 7) is 5.39. The van der Waals surface area contributed by atoms with Crippen molar-refractivity contribution in [3.05, 3.63) is 47.9 Å². The minimum atomic E-state index is -0.304. The van der Waals surface area contributed by atoms with Gasteiger partial charge < -0.3 is 4.74 Å². The highest BCUT2D eigenvalue weighted by Crippen LogP contribution is 2.25. The number of halogens is 1. The van der Waals surface area contributed by atoms with E-state index in [0.717, 1.165) is 23.5 Å². The van der Waals surface area contributed by atoms with Gasteiger partial charge in [0.05, 0.1) is 13.2 Å². The Labute approximate surface area is 131 Å². The number of nitrogens with zero attached hydrogens (tertiary/aromatic N) is 1. The lowest BCUT2D eigenvalue weighted by Crippen LogP contribution is -2.14. The first kappa shape index (κ1) is 16.6. The molecule has 0 saturated carbocycles. The summed E-state index contributed by atoms with van der Waals surface area (Å²) >= 11 is 0. The van der Waals surface area contributed by atoms with Crippen LogP contribution < -0.4 is 4.74 Å². The predicted octanol–water partition coefficient (Wildman–Crippen LogP) is 4.63. The number of hydroxylamine groups is 2. The van der Waals surface area contributed by atoms with Crippen LogP contribution in [0.4, 0.5) is 4.39 Å². The summed E-state index contributed by atoms with van der Waals surface area (Å²) < 4.78 is 19.8. The van der Waals surface area contributed by atoms with Crippen LogP contribution in [0.3, 0.4) is 0 Å². The molecule has 0 unspecified atom stereocenters. The van der Waals surface area contributed by atoms with Crippen molar-refractivity contribution in [1.82, 2.24) is 5.06 Å². The number of unbranched alkanes of at least 4 members (excludes halogenated alkanes) is 1. The standard InChI is InChI=1S/C18H24FNO2/c1-14(2)5-3-4-12-22-16-6-7-17(18(19)13-16)15-8-10-20(21)11-9-15/h6-10,13-14,21H,3-5,11-12H2,1-2H3. The van der Waals surface area contributed by atoms with Crippen molar-refractivity contribution in [2.45, 2.75) is 33.1 Å². The molecule has 0 atom stereocenters. The van der Waals surface area contributed by atoms with Crippen molar-refractivity contribution >= 4 is 5.57 Å². The predicted molar refractivity (Wildman–Crippen MR) is 86.2 cm³/mol. The van der Waals surface area contributed by atoms with Gasteiger partial charge in [0.15, 0.2) is 0 Å². The SMILES string of the molecule is CC(C)CCCCOc1ccc(C2=CCN(O)C=C2)c(F)c1. The minimum Gasteiger partial charge on any atom is -0.493 e. The van der Waals surface area contributed by atoms with Crippen molar-refractivity contribution in [3.63, 3.8) is 0 Å². The molecule has 0 aliphatic carbocycles. The number of hydrogen-bond acceptors (Lipinski definition) is 3. The average Bonchev–Trinajstić information content (AvgIpc) is 2.48. The van der Waals surface area contributed by atoms with Gasteiger partial charge in [-0.1, -0.05) is 26.3 Å². The van der Waals surface area contributed by atoms with Gasteiger partial charge in [-0.15, -0.1) is 0 Å². The molecule has 3 nitrogen and oxygen atoms in total. The molecule has 4 heteroatoms. The van der Waals surface area contributed by atoms with E-state index in [1.54, 1.807) is 24.3 Å². The highest BCUT2D eigenvalue weighted by atomic mass is 19.1. The van der Waals surface area contributed by atoms with Crippen LogP contribution in [0, 0.1) is 11.7 Å². The van der Waals surface area contributed by atoms with E-state index in [0.29, 0.717) is 30.4 Å². The van der Waals surface area contributed by atoms with E-state index in [1.165, 1.54) is 18.7 Å². The molecule has 0 amide bonds.